The van der Waals surface area contributed by atoms with Gasteiger partial charge in [-0.1, -0.05) is 37.3 Å². The van der Waals surface area contributed by atoms with Crippen molar-refractivity contribution in [3.8, 4) is 0 Å². The number of fused-ring (bicyclic) bond motifs is 1. The molecule has 1 N–H and O–H groups in total. The SMILES string of the molecule is CCc1nc(Cc2ccccc2)nc2c1CNC2. The Kier molecular flexibility index (Phi) is 3.07. The summed E-state index contributed by atoms with van der Waals surface area (Å²) in [5.41, 5.74) is 4.98. The van der Waals surface area contributed by atoms with E-state index in [1.54, 1.807) is 0 Å². The van der Waals surface area contributed by atoms with Crippen LogP contribution < -0.4 is 5.32 Å². The van der Waals surface area contributed by atoms with E-state index < -0.39 is 0 Å². The summed E-state index contributed by atoms with van der Waals surface area (Å²) in [5.74, 6) is 0.945. The fourth-order valence-electron chi connectivity index (χ4n) is 2.44. The van der Waals surface area contributed by atoms with E-state index in [2.05, 4.69) is 41.5 Å². The molecule has 3 heteroatoms. The van der Waals surface area contributed by atoms with E-state index in [-0.39, 0.29) is 0 Å². The van der Waals surface area contributed by atoms with Gasteiger partial charge in [0, 0.05) is 30.8 Å². The van der Waals surface area contributed by atoms with Crippen molar-refractivity contribution in [1.29, 1.82) is 0 Å². The molecule has 0 atom stereocenters. The summed E-state index contributed by atoms with van der Waals surface area (Å²) in [6, 6.07) is 10.4. The molecule has 18 heavy (non-hydrogen) atoms. The minimum atomic E-state index is 0.821. The summed E-state index contributed by atoms with van der Waals surface area (Å²) in [5, 5.41) is 3.35. The Balaban J connectivity index is 1.94. The second kappa shape index (κ2) is 4.86. The van der Waals surface area contributed by atoms with Gasteiger partial charge in [-0.25, -0.2) is 9.97 Å². The van der Waals surface area contributed by atoms with Crippen LogP contribution in [0.15, 0.2) is 30.3 Å². The maximum atomic E-state index is 4.71. The first kappa shape index (κ1) is 11.4. The zero-order chi connectivity index (χ0) is 12.4. The van der Waals surface area contributed by atoms with Crippen LogP contribution in [0.2, 0.25) is 0 Å². The highest BCUT2D eigenvalue weighted by molar-refractivity contribution is 5.30. The first-order valence-electron chi connectivity index (χ1n) is 6.49. The molecule has 2 aromatic rings. The average Bonchev–Trinajstić information content (AvgIpc) is 2.87. The molecule has 0 bridgehead atoms. The van der Waals surface area contributed by atoms with E-state index in [9.17, 15) is 0 Å². The largest absolute Gasteiger partial charge is 0.307 e. The lowest BCUT2D eigenvalue weighted by Crippen LogP contribution is -2.06. The third kappa shape index (κ3) is 2.14. The number of aryl methyl sites for hydroxylation is 1. The highest BCUT2D eigenvalue weighted by Crippen LogP contribution is 2.18. The number of hydrogen-bond acceptors (Lipinski definition) is 3. The Bertz CT molecular complexity index is 549. The molecule has 0 unspecified atom stereocenters. The summed E-state index contributed by atoms with van der Waals surface area (Å²) in [6.07, 6.45) is 1.80. The first-order chi connectivity index (χ1) is 8.86. The topological polar surface area (TPSA) is 37.8 Å². The van der Waals surface area contributed by atoms with Crippen molar-refractivity contribution in [3.63, 3.8) is 0 Å². The molecule has 1 aromatic carbocycles. The van der Waals surface area contributed by atoms with E-state index in [0.29, 0.717) is 0 Å². The Morgan fingerprint density at radius 3 is 2.72 bits per heavy atom. The van der Waals surface area contributed by atoms with Crippen molar-refractivity contribution in [2.75, 3.05) is 0 Å². The minimum absolute atomic E-state index is 0.821. The number of rotatable bonds is 3. The zero-order valence-electron chi connectivity index (χ0n) is 10.6. The highest BCUT2D eigenvalue weighted by atomic mass is 15.0. The van der Waals surface area contributed by atoms with Gasteiger partial charge in [-0.05, 0) is 12.0 Å². The van der Waals surface area contributed by atoms with E-state index in [0.717, 1.165) is 31.8 Å². The molecule has 1 aliphatic heterocycles. The monoisotopic (exact) mass is 239 g/mol. The Labute approximate surface area is 107 Å². The van der Waals surface area contributed by atoms with Crippen LogP contribution in [0.3, 0.4) is 0 Å². The normalized spacial score (nSPS) is 13.6. The fraction of sp³-hybridized carbons (Fsp3) is 0.333. The van der Waals surface area contributed by atoms with Crippen LogP contribution in [0.5, 0.6) is 0 Å². The van der Waals surface area contributed by atoms with Crippen LogP contribution in [0.4, 0.5) is 0 Å². The van der Waals surface area contributed by atoms with Gasteiger partial charge in [0.1, 0.15) is 5.82 Å². The van der Waals surface area contributed by atoms with Gasteiger partial charge in [-0.2, -0.15) is 0 Å². The Morgan fingerprint density at radius 1 is 1.11 bits per heavy atom. The van der Waals surface area contributed by atoms with Crippen LogP contribution in [0, 0.1) is 0 Å². The predicted octanol–water partition coefficient (Wildman–Crippen LogP) is 2.23. The van der Waals surface area contributed by atoms with E-state index in [1.807, 2.05) is 6.07 Å². The molecular weight excluding hydrogens is 222 g/mol. The van der Waals surface area contributed by atoms with Gasteiger partial charge in [0.05, 0.1) is 5.69 Å². The second-order valence-corrected chi connectivity index (χ2v) is 4.63. The molecule has 0 spiro atoms. The first-order valence-corrected chi connectivity index (χ1v) is 6.49. The van der Waals surface area contributed by atoms with Gasteiger partial charge < -0.3 is 5.32 Å². The standard InChI is InChI=1S/C15H17N3/c1-2-13-12-9-16-10-14(12)18-15(17-13)8-11-6-4-3-5-7-11/h3-7,16H,2,8-10H2,1H3. The summed E-state index contributed by atoms with van der Waals surface area (Å²) < 4.78 is 0. The summed E-state index contributed by atoms with van der Waals surface area (Å²) in [7, 11) is 0. The second-order valence-electron chi connectivity index (χ2n) is 4.63. The molecule has 0 saturated heterocycles. The van der Waals surface area contributed by atoms with E-state index >= 15 is 0 Å². The smallest absolute Gasteiger partial charge is 0.133 e. The maximum absolute atomic E-state index is 4.71. The average molecular weight is 239 g/mol. The fourth-order valence-corrected chi connectivity index (χ4v) is 2.44. The number of nitrogens with zero attached hydrogens (tertiary/aromatic N) is 2. The van der Waals surface area contributed by atoms with Gasteiger partial charge in [-0.15, -0.1) is 0 Å². The molecule has 0 saturated carbocycles. The number of aromatic nitrogens is 2. The van der Waals surface area contributed by atoms with Crippen molar-refractivity contribution in [2.45, 2.75) is 32.9 Å². The quantitative estimate of drug-likeness (QED) is 0.892. The zero-order valence-corrected chi connectivity index (χ0v) is 10.6. The molecule has 3 rings (SSSR count). The van der Waals surface area contributed by atoms with Crippen molar-refractivity contribution < 1.29 is 0 Å². The molecule has 1 aromatic heterocycles. The molecule has 0 radical (unpaired) electrons. The van der Waals surface area contributed by atoms with Crippen molar-refractivity contribution in [3.05, 3.63) is 58.7 Å². The van der Waals surface area contributed by atoms with Crippen molar-refractivity contribution in [2.24, 2.45) is 0 Å². The lowest BCUT2D eigenvalue weighted by atomic mass is 10.1. The predicted molar refractivity (Wildman–Crippen MR) is 71.2 cm³/mol. The van der Waals surface area contributed by atoms with E-state index in [4.69, 9.17) is 4.98 Å². The molecule has 0 aliphatic carbocycles. The van der Waals surface area contributed by atoms with Gasteiger partial charge in [-0.3, -0.25) is 0 Å². The third-order valence-corrected chi connectivity index (χ3v) is 3.36. The molecular formula is C15H17N3. The molecule has 0 amide bonds. The van der Waals surface area contributed by atoms with Gasteiger partial charge in [0.2, 0.25) is 0 Å². The Morgan fingerprint density at radius 2 is 1.94 bits per heavy atom. The highest BCUT2D eigenvalue weighted by Gasteiger charge is 2.17. The lowest BCUT2D eigenvalue weighted by Gasteiger charge is -2.08. The number of nitrogens with one attached hydrogen (secondary N) is 1. The van der Waals surface area contributed by atoms with Crippen LogP contribution in [-0.2, 0) is 25.9 Å². The van der Waals surface area contributed by atoms with Gasteiger partial charge in [0.15, 0.2) is 0 Å². The molecule has 1 aliphatic rings. The van der Waals surface area contributed by atoms with E-state index in [1.165, 1.54) is 22.5 Å². The third-order valence-electron chi connectivity index (χ3n) is 3.36. The van der Waals surface area contributed by atoms with Crippen molar-refractivity contribution in [1.82, 2.24) is 15.3 Å². The minimum Gasteiger partial charge on any atom is -0.307 e. The molecule has 2 heterocycles. The van der Waals surface area contributed by atoms with Gasteiger partial charge >= 0.3 is 0 Å². The van der Waals surface area contributed by atoms with Crippen LogP contribution in [0.1, 0.15) is 35.3 Å². The summed E-state index contributed by atoms with van der Waals surface area (Å²) in [4.78, 5) is 9.39. The van der Waals surface area contributed by atoms with Crippen LogP contribution in [0.25, 0.3) is 0 Å². The summed E-state index contributed by atoms with van der Waals surface area (Å²) in [6.45, 7) is 3.96. The number of hydrogen-bond donors (Lipinski definition) is 1. The molecule has 3 nitrogen and oxygen atoms in total. The lowest BCUT2D eigenvalue weighted by molar-refractivity contribution is 0.754. The summed E-state index contributed by atoms with van der Waals surface area (Å²) >= 11 is 0. The Hall–Kier alpha value is -1.74. The molecule has 92 valence electrons. The van der Waals surface area contributed by atoms with Gasteiger partial charge in [0.25, 0.3) is 0 Å². The number of benzene rings is 1. The maximum Gasteiger partial charge on any atom is 0.133 e. The molecule has 0 fully saturated rings. The van der Waals surface area contributed by atoms with Crippen LogP contribution >= 0.6 is 0 Å². The van der Waals surface area contributed by atoms with Crippen molar-refractivity contribution >= 4 is 0 Å². The van der Waals surface area contributed by atoms with Crippen LogP contribution in [-0.4, -0.2) is 9.97 Å².